The second-order valence-electron chi connectivity index (χ2n) is 3.25. The van der Waals surface area contributed by atoms with Gasteiger partial charge in [0, 0.05) is 16.3 Å². The average Bonchev–Trinajstić information content (AvgIpc) is 2.67. The van der Waals surface area contributed by atoms with Crippen LogP contribution in [0.15, 0.2) is 45.0 Å². The van der Waals surface area contributed by atoms with Crippen molar-refractivity contribution in [3.05, 3.63) is 40.1 Å². The fourth-order valence-corrected chi connectivity index (χ4v) is 3.56. The van der Waals surface area contributed by atoms with E-state index in [9.17, 15) is 8.42 Å². The van der Waals surface area contributed by atoms with Gasteiger partial charge in [-0.2, -0.15) is 0 Å². The Labute approximate surface area is 103 Å². The standard InChI is InChI=1S/C10H10INO2S/c11-9-6-7-12(8-9)15(13,14)10-4-2-1-3-5-10/h1-5,8H,6-7H2. The Bertz CT molecular complexity index is 481. The zero-order valence-corrected chi connectivity index (χ0v) is 10.9. The van der Waals surface area contributed by atoms with E-state index in [-0.39, 0.29) is 0 Å². The SMILES string of the molecule is O=S(=O)(c1ccccc1)N1C=C(I)CC1. The molecule has 0 bridgehead atoms. The maximum Gasteiger partial charge on any atom is 0.263 e. The molecule has 0 spiro atoms. The molecule has 2 rings (SSSR count). The predicted octanol–water partition coefficient (Wildman–Crippen LogP) is 2.36. The number of benzene rings is 1. The summed E-state index contributed by atoms with van der Waals surface area (Å²) in [6, 6.07) is 8.51. The van der Waals surface area contributed by atoms with Crippen molar-refractivity contribution < 1.29 is 8.42 Å². The van der Waals surface area contributed by atoms with Gasteiger partial charge >= 0.3 is 0 Å². The first-order valence-electron chi connectivity index (χ1n) is 4.54. The van der Waals surface area contributed by atoms with Crippen LogP contribution in [0.5, 0.6) is 0 Å². The summed E-state index contributed by atoms with van der Waals surface area (Å²) < 4.78 is 26.6. The van der Waals surface area contributed by atoms with Gasteiger partial charge in [-0.1, -0.05) is 18.2 Å². The van der Waals surface area contributed by atoms with Crippen molar-refractivity contribution >= 4 is 32.6 Å². The lowest BCUT2D eigenvalue weighted by atomic mass is 10.4. The molecule has 0 atom stereocenters. The third-order valence-electron chi connectivity index (χ3n) is 2.20. The molecule has 0 fully saturated rings. The van der Waals surface area contributed by atoms with Crippen molar-refractivity contribution in [2.45, 2.75) is 11.3 Å². The van der Waals surface area contributed by atoms with Gasteiger partial charge in [-0.3, -0.25) is 4.31 Å². The highest BCUT2D eigenvalue weighted by atomic mass is 127. The summed E-state index contributed by atoms with van der Waals surface area (Å²) in [5.74, 6) is 0. The lowest BCUT2D eigenvalue weighted by molar-refractivity contribution is 0.517. The van der Waals surface area contributed by atoms with E-state index in [0.717, 1.165) is 10.0 Å². The first-order chi connectivity index (χ1) is 7.10. The van der Waals surface area contributed by atoms with Crippen molar-refractivity contribution in [2.24, 2.45) is 0 Å². The Hall–Kier alpha value is -0.560. The molecule has 0 aliphatic carbocycles. The van der Waals surface area contributed by atoms with Crippen LogP contribution in [0.2, 0.25) is 0 Å². The van der Waals surface area contributed by atoms with E-state index in [1.54, 1.807) is 30.5 Å². The van der Waals surface area contributed by atoms with Crippen molar-refractivity contribution in [1.29, 1.82) is 0 Å². The summed E-state index contributed by atoms with van der Waals surface area (Å²) in [4.78, 5) is 0.354. The van der Waals surface area contributed by atoms with E-state index >= 15 is 0 Å². The Morgan fingerprint density at radius 1 is 1.20 bits per heavy atom. The number of rotatable bonds is 2. The molecule has 1 aromatic carbocycles. The average molecular weight is 335 g/mol. The quantitative estimate of drug-likeness (QED) is 0.778. The number of nitrogens with zero attached hydrogens (tertiary/aromatic N) is 1. The molecular weight excluding hydrogens is 325 g/mol. The maximum absolute atomic E-state index is 12.1. The third kappa shape index (κ3) is 2.17. The predicted molar refractivity (Wildman–Crippen MR) is 67.1 cm³/mol. The first-order valence-corrected chi connectivity index (χ1v) is 7.06. The normalized spacial score (nSPS) is 16.6. The van der Waals surface area contributed by atoms with Crippen LogP contribution in [0.1, 0.15) is 6.42 Å². The number of sulfonamides is 1. The van der Waals surface area contributed by atoms with Gasteiger partial charge in [-0.05, 0) is 41.1 Å². The zero-order valence-electron chi connectivity index (χ0n) is 7.93. The molecule has 1 aromatic rings. The van der Waals surface area contributed by atoms with Gasteiger partial charge in [-0.15, -0.1) is 0 Å². The van der Waals surface area contributed by atoms with E-state index in [0.29, 0.717) is 11.4 Å². The number of hydrogen-bond donors (Lipinski definition) is 0. The van der Waals surface area contributed by atoms with Gasteiger partial charge in [0.2, 0.25) is 0 Å². The van der Waals surface area contributed by atoms with Crippen LogP contribution < -0.4 is 0 Å². The van der Waals surface area contributed by atoms with Crippen LogP contribution >= 0.6 is 22.6 Å². The van der Waals surface area contributed by atoms with Gasteiger partial charge in [-0.25, -0.2) is 8.42 Å². The fraction of sp³-hybridized carbons (Fsp3) is 0.200. The monoisotopic (exact) mass is 335 g/mol. The highest BCUT2D eigenvalue weighted by Gasteiger charge is 2.24. The third-order valence-corrected chi connectivity index (χ3v) is 4.80. The fourth-order valence-electron chi connectivity index (χ4n) is 1.42. The van der Waals surface area contributed by atoms with Crippen LogP contribution in [0.3, 0.4) is 0 Å². The second kappa shape index (κ2) is 4.13. The van der Waals surface area contributed by atoms with Crippen LogP contribution in [0.25, 0.3) is 0 Å². The summed E-state index contributed by atoms with van der Waals surface area (Å²) in [6.07, 6.45) is 2.51. The van der Waals surface area contributed by atoms with Crippen molar-refractivity contribution in [3.63, 3.8) is 0 Å². The van der Waals surface area contributed by atoms with Gasteiger partial charge in [0.1, 0.15) is 0 Å². The topological polar surface area (TPSA) is 37.4 Å². The van der Waals surface area contributed by atoms with Crippen LogP contribution in [0, 0.1) is 0 Å². The first kappa shape index (κ1) is 10.9. The molecule has 0 saturated carbocycles. The summed E-state index contributed by atoms with van der Waals surface area (Å²) in [5, 5.41) is 0. The van der Waals surface area contributed by atoms with Gasteiger partial charge in [0.25, 0.3) is 10.0 Å². The lowest BCUT2D eigenvalue weighted by Gasteiger charge is -2.15. The van der Waals surface area contributed by atoms with Crippen LogP contribution in [-0.2, 0) is 10.0 Å². The minimum absolute atomic E-state index is 0.354. The molecule has 5 heteroatoms. The number of halogens is 1. The maximum atomic E-state index is 12.1. The largest absolute Gasteiger partial charge is 0.272 e. The minimum atomic E-state index is -3.32. The lowest BCUT2D eigenvalue weighted by Crippen LogP contribution is -2.23. The van der Waals surface area contributed by atoms with Gasteiger partial charge in [0.15, 0.2) is 0 Å². The molecule has 0 aromatic heterocycles. The molecular formula is C10H10INO2S. The van der Waals surface area contributed by atoms with Crippen molar-refractivity contribution in [1.82, 2.24) is 4.31 Å². The highest BCUT2D eigenvalue weighted by molar-refractivity contribution is 14.1. The summed E-state index contributed by atoms with van der Waals surface area (Å²) in [5.41, 5.74) is 0. The minimum Gasteiger partial charge on any atom is -0.272 e. The molecule has 80 valence electrons. The van der Waals surface area contributed by atoms with E-state index in [1.807, 2.05) is 6.07 Å². The molecule has 3 nitrogen and oxygen atoms in total. The molecule has 0 amide bonds. The Balaban J connectivity index is 2.37. The van der Waals surface area contributed by atoms with Crippen LogP contribution in [-0.4, -0.2) is 19.3 Å². The molecule has 1 heterocycles. The molecule has 0 radical (unpaired) electrons. The van der Waals surface area contributed by atoms with Crippen molar-refractivity contribution in [2.75, 3.05) is 6.54 Å². The van der Waals surface area contributed by atoms with E-state index in [1.165, 1.54) is 4.31 Å². The summed E-state index contributed by atoms with van der Waals surface area (Å²) in [7, 11) is -3.32. The van der Waals surface area contributed by atoms with Gasteiger partial charge in [0.05, 0.1) is 4.90 Å². The second-order valence-corrected chi connectivity index (χ2v) is 6.53. The van der Waals surface area contributed by atoms with E-state index in [2.05, 4.69) is 22.6 Å². The molecule has 0 saturated heterocycles. The molecule has 1 aliphatic rings. The van der Waals surface area contributed by atoms with E-state index < -0.39 is 10.0 Å². The van der Waals surface area contributed by atoms with Crippen molar-refractivity contribution in [3.8, 4) is 0 Å². The van der Waals surface area contributed by atoms with Crippen LogP contribution in [0.4, 0.5) is 0 Å². The number of hydrogen-bond acceptors (Lipinski definition) is 2. The molecule has 1 aliphatic heterocycles. The Morgan fingerprint density at radius 2 is 1.87 bits per heavy atom. The molecule has 0 unspecified atom stereocenters. The molecule has 15 heavy (non-hydrogen) atoms. The summed E-state index contributed by atoms with van der Waals surface area (Å²) >= 11 is 2.16. The Morgan fingerprint density at radius 3 is 2.40 bits per heavy atom. The molecule has 0 N–H and O–H groups in total. The Kier molecular flexibility index (Phi) is 3.01. The highest BCUT2D eigenvalue weighted by Crippen LogP contribution is 2.26. The summed E-state index contributed by atoms with van der Waals surface area (Å²) in [6.45, 7) is 0.551. The van der Waals surface area contributed by atoms with E-state index in [4.69, 9.17) is 0 Å². The zero-order chi connectivity index (χ0) is 10.9. The van der Waals surface area contributed by atoms with Gasteiger partial charge < -0.3 is 0 Å². The smallest absolute Gasteiger partial charge is 0.263 e.